The largest absolute Gasteiger partial charge is 0.508 e. The van der Waals surface area contributed by atoms with Crippen molar-refractivity contribution in [2.45, 2.75) is 10.8 Å². The first-order valence-corrected chi connectivity index (χ1v) is 8.61. The Morgan fingerprint density at radius 3 is 1.40 bits per heavy atom. The first-order chi connectivity index (χ1) is 12.0. The lowest BCUT2D eigenvalue weighted by Crippen LogP contribution is -2.79. The fraction of sp³-hybridized carbons (Fsp3) is 0.350. The van der Waals surface area contributed by atoms with Gasteiger partial charge in [0.1, 0.15) is 11.5 Å². The molecule has 4 aliphatic rings. The van der Waals surface area contributed by atoms with Crippen LogP contribution in [-0.4, -0.2) is 58.6 Å². The third-order valence-corrected chi connectivity index (χ3v) is 6.08. The van der Waals surface area contributed by atoms with Crippen LogP contribution in [0.2, 0.25) is 0 Å². The maximum atomic E-state index is 13.8. The van der Waals surface area contributed by atoms with E-state index in [0.29, 0.717) is 0 Å². The standard InChI is InChI=1S/C20H20N2O3/c23-16-5-1-14(2-6-16)19-9-21-11-20(18(19)25,12-22(10-19)13-21)15-3-7-17(24)8-4-15/h1-8,23-24H,9-13H2. The molecule has 0 atom stereocenters. The van der Waals surface area contributed by atoms with E-state index in [1.807, 2.05) is 24.3 Å². The molecule has 0 saturated carbocycles. The van der Waals surface area contributed by atoms with Crippen molar-refractivity contribution in [3.8, 4) is 11.5 Å². The number of ketones is 1. The molecule has 4 bridgehead atoms. The van der Waals surface area contributed by atoms with Crippen molar-refractivity contribution in [2.75, 3.05) is 32.8 Å². The third kappa shape index (κ3) is 1.94. The molecule has 4 fully saturated rings. The van der Waals surface area contributed by atoms with Crippen molar-refractivity contribution >= 4 is 5.78 Å². The maximum absolute atomic E-state index is 13.8. The summed E-state index contributed by atoms with van der Waals surface area (Å²) in [6.45, 7) is 3.81. The summed E-state index contributed by atoms with van der Waals surface area (Å²) < 4.78 is 0. The number of carbonyl (C=O) groups excluding carboxylic acids is 1. The Hall–Kier alpha value is -2.37. The number of Topliss-reactive ketones (excluding diaryl/α,β-unsaturated/α-hetero) is 1. The van der Waals surface area contributed by atoms with Crippen molar-refractivity contribution in [2.24, 2.45) is 0 Å². The zero-order valence-electron chi connectivity index (χ0n) is 13.9. The highest BCUT2D eigenvalue weighted by Crippen LogP contribution is 2.49. The number of aromatic hydroxyl groups is 2. The number of nitrogens with zero attached hydrogens (tertiary/aromatic N) is 2. The van der Waals surface area contributed by atoms with Gasteiger partial charge < -0.3 is 10.2 Å². The van der Waals surface area contributed by atoms with Gasteiger partial charge in [0, 0.05) is 26.2 Å². The Morgan fingerprint density at radius 1 is 0.680 bits per heavy atom. The molecule has 0 amide bonds. The molecule has 2 aromatic rings. The first-order valence-electron chi connectivity index (χ1n) is 8.61. The van der Waals surface area contributed by atoms with Gasteiger partial charge in [0.25, 0.3) is 0 Å². The summed E-state index contributed by atoms with van der Waals surface area (Å²) >= 11 is 0. The molecule has 4 saturated heterocycles. The minimum absolute atomic E-state index is 0.217. The van der Waals surface area contributed by atoms with Crippen molar-refractivity contribution in [3.63, 3.8) is 0 Å². The molecule has 0 aromatic heterocycles. The van der Waals surface area contributed by atoms with Gasteiger partial charge >= 0.3 is 0 Å². The van der Waals surface area contributed by atoms with Crippen LogP contribution in [0.3, 0.4) is 0 Å². The molecule has 5 heteroatoms. The Balaban J connectivity index is 1.66. The topological polar surface area (TPSA) is 64.0 Å². The quantitative estimate of drug-likeness (QED) is 0.869. The number of benzene rings is 2. The van der Waals surface area contributed by atoms with Gasteiger partial charge in [0.15, 0.2) is 5.78 Å². The molecule has 0 radical (unpaired) electrons. The SMILES string of the molecule is O=C1C2(c3ccc(O)cc3)CN3CN(C2)CC1(c1ccc(O)cc1)C3. The predicted molar refractivity (Wildman–Crippen MR) is 92.6 cm³/mol. The summed E-state index contributed by atoms with van der Waals surface area (Å²) in [6.07, 6.45) is 0. The molecular weight excluding hydrogens is 316 g/mol. The van der Waals surface area contributed by atoms with Gasteiger partial charge in [0.2, 0.25) is 0 Å². The third-order valence-electron chi connectivity index (χ3n) is 6.08. The number of rotatable bonds is 2. The van der Waals surface area contributed by atoms with Crippen LogP contribution in [-0.2, 0) is 15.6 Å². The van der Waals surface area contributed by atoms with Crippen LogP contribution in [0.1, 0.15) is 11.1 Å². The number of phenolic OH excluding ortho intramolecular Hbond substituents is 2. The fourth-order valence-corrected chi connectivity index (χ4v) is 5.16. The predicted octanol–water partition coefficient (Wildman–Crippen LogP) is 1.45. The molecule has 25 heavy (non-hydrogen) atoms. The second kappa shape index (κ2) is 4.84. The molecule has 0 unspecified atom stereocenters. The summed E-state index contributed by atoms with van der Waals surface area (Å²) in [7, 11) is 0. The summed E-state index contributed by atoms with van der Waals surface area (Å²) in [4.78, 5) is 18.5. The van der Waals surface area contributed by atoms with E-state index in [9.17, 15) is 15.0 Å². The second-order valence-electron chi connectivity index (χ2n) is 7.70. The van der Waals surface area contributed by atoms with Gasteiger partial charge in [-0.2, -0.15) is 0 Å². The lowest BCUT2D eigenvalue weighted by molar-refractivity contribution is -0.159. The molecule has 4 heterocycles. The molecule has 2 aromatic carbocycles. The summed E-state index contributed by atoms with van der Waals surface area (Å²) in [5.41, 5.74) is 0.848. The summed E-state index contributed by atoms with van der Waals surface area (Å²) in [5.74, 6) is 0.702. The number of hydrogen-bond acceptors (Lipinski definition) is 5. The van der Waals surface area contributed by atoms with Crippen LogP contribution >= 0.6 is 0 Å². The van der Waals surface area contributed by atoms with Crippen LogP contribution in [0, 0.1) is 0 Å². The zero-order chi connectivity index (χ0) is 17.2. The average Bonchev–Trinajstić information content (AvgIpc) is 2.60. The molecule has 6 rings (SSSR count). The van der Waals surface area contributed by atoms with Crippen LogP contribution in [0.15, 0.2) is 48.5 Å². The highest BCUT2D eigenvalue weighted by atomic mass is 16.3. The van der Waals surface area contributed by atoms with Crippen molar-refractivity contribution in [3.05, 3.63) is 59.7 Å². The second-order valence-corrected chi connectivity index (χ2v) is 7.70. The monoisotopic (exact) mass is 336 g/mol. The van der Waals surface area contributed by atoms with Crippen LogP contribution in [0.5, 0.6) is 11.5 Å². The number of hydrogen-bond donors (Lipinski definition) is 2. The Labute approximate surface area is 146 Å². The van der Waals surface area contributed by atoms with E-state index >= 15 is 0 Å². The highest BCUT2D eigenvalue weighted by molar-refractivity contribution is 6.02. The Kier molecular flexibility index (Phi) is 2.89. The van der Waals surface area contributed by atoms with Gasteiger partial charge in [0.05, 0.1) is 17.5 Å². The molecule has 4 aliphatic heterocycles. The van der Waals surface area contributed by atoms with E-state index in [-0.39, 0.29) is 17.3 Å². The molecule has 0 spiro atoms. The zero-order valence-corrected chi connectivity index (χ0v) is 13.9. The van der Waals surface area contributed by atoms with Gasteiger partial charge in [-0.05, 0) is 35.4 Å². The van der Waals surface area contributed by atoms with Crippen LogP contribution in [0.25, 0.3) is 0 Å². The lowest BCUT2D eigenvalue weighted by Gasteiger charge is -2.63. The number of carbonyl (C=O) groups is 1. The van der Waals surface area contributed by atoms with E-state index < -0.39 is 10.8 Å². The minimum atomic E-state index is -0.555. The van der Waals surface area contributed by atoms with Gasteiger partial charge in [-0.1, -0.05) is 24.3 Å². The van der Waals surface area contributed by atoms with Crippen molar-refractivity contribution in [1.82, 2.24) is 9.80 Å². The van der Waals surface area contributed by atoms with E-state index in [2.05, 4.69) is 9.80 Å². The average molecular weight is 336 g/mol. The van der Waals surface area contributed by atoms with Crippen LogP contribution < -0.4 is 0 Å². The van der Waals surface area contributed by atoms with E-state index in [1.54, 1.807) is 24.3 Å². The van der Waals surface area contributed by atoms with E-state index in [4.69, 9.17) is 0 Å². The van der Waals surface area contributed by atoms with E-state index in [0.717, 1.165) is 44.0 Å². The maximum Gasteiger partial charge on any atom is 0.159 e. The minimum Gasteiger partial charge on any atom is -0.508 e. The molecular formula is C20H20N2O3. The Bertz CT molecular complexity index is 763. The number of phenols is 2. The van der Waals surface area contributed by atoms with E-state index in [1.165, 1.54) is 0 Å². The fourth-order valence-electron chi connectivity index (χ4n) is 5.16. The molecule has 5 nitrogen and oxygen atoms in total. The van der Waals surface area contributed by atoms with Crippen molar-refractivity contribution in [1.29, 1.82) is 0 Å². The first kappa shape index (κ1) is 14.9. The van der Waals surface area contributed by atoms with Crippen LogP contribution in [0.4, 0.5) is 0 Å². The van der Waals surface area contributed by atoms with Gasteiger partial charge in [-0.3, -0.25) is 14.6 Å². The summed E-state index contributed by atoms with van der Waals surface area (Å²) in [5, 5.41) is 19.3. The van der Waals surface area contributed by atoms with Gasteiger partial charge in [-0.15, -0.1) is 0 Å². The van der Waals surface area contributed by atoms with Crippen molar-refractivity contribution < 1.29 is 15.0 Å². The Morgan fingerprint density at radius 2 is 1.04 bits per heavy atom. The summed E-state index contributed by atoms with van der Waals surface area (Å²) in [6, 6.07) is 14.2. The molecule has 0 aliphatic carbocycles. The molecule has 128 valence electrons. The van der Waals surface area contributed by atoms with Gasteiger partial charge in [-0.25, -0.2) is 0 Å². The highest BCUT2D eigenvalue weighted by Gasteiger charge is 2.64. The smallest absolute Gasteiger partial charge is 0.159 e. The number of piperidine rings is 2. The normalized spacial score (nSPS) is 35.9. The lowest BCUT2D eigenvalue weighted by atomic mass is 9.56. The molecule has 2 N–H and O–H groups in total.